The van der Waals surface area contributed by atoms with E-state index in [1.165, 1.54) is 19.2 Å². The van der Waals surface area contributed by atoms with E-state index in [1.807, 2.05) is 0 Å². The molecule has 3 atom stereocenters. The van der Waals surface area contributed by atoms with Crippen LogP contribution in [-0.2, 0) is 30.8 Å². The van der Waals surface area contributed by atoms with Crippen LogP contribution < -0.4 is 5.32 Å². The van der Waals surface area contributed by atoms with Crippen molar-refractivity contribution < 1.29 is 35.7 Å². The van der Waals surface area contributed by atoms with E-state index < -0.39 is 44.9 Å². The van der Waals surface area contributed by atoms with E-state index in [4.69, 9.17) is 4.18 Å². The fourth-order valence-electron chi connectivity index (χ4n) is 3.28. The number of Topliss-reactive ketones (excluding diaryl/α,β-unsaturated/α-hetero) is 1. The molecule has 2 N–H and O–H groups in total. The van der Waals surface area contributed by atoms with Gasteiger partial charge >= 0.3 is 6.18 Å². The van der Waals surface area contributed by atoms with E-state index >= 15 is 0 Å². The van der Waals surface area contributed by atoms with E-state index in [2.05, 4.69) is 5.32 Å². The van der Waals surface area contributed by atoms with Crippen molar-refractivity contribution in [1.82, 2.24) is 5.32 Å². The second-order valence-electron chi connectivity index (χ2n) is 6.53. The molecule has 1 aliphatic carbocycles. The van der Waals surface area contributed by atoms with Crippen molar-refractivity contribution in [1.29, 1.82) is 0 Å². The Morgan fingerprint density at radius 2 is 1.81 bits per heavy atom. The molecule has 0 aliphatic heterocycles. The number of hydrogen-bond acceptors (Lipinski definition) is 6. The second kappa shape index (κ2) is 6.59. The summed E-state index contributed by atoms with van der Waals surface area (Å²) in [6.45, 7) is 1.14. The molecule has 2 rings (SSSR count). The molecule has 1 fully saturated rings. The molecule has 1 aliphatic rings. The van der Waals surface area contributed by atoms with E-state index in [9.17, 15) is 31.5 Å². The third-order valence-corrected chi connectivity index (χ3v) is 5.26. The lowest BCUT2D eigenvalue weighted by Gasteiger charge is -2.46. The number of carbonyl (C=O) groups is 1. The first-order valence-corrected chi connectivity index (χ1v) is 9.58. The number of carbonyl (C=O) groups excluding carboxylic acids is 1. The summed E-state index contributed by atoms with van der Waals surface area (Å²) in [7, 11) is -2.46. The van der Waals surface area contributed by atoms with Crippen molar-refractivity contribution in [3.63, 3.8) is 0 Å². The van der Waals surface area contributed by atoms with Crippen LogP contribution in [0.1, 0.15) is 30.9 Å². The van der Waals surface area contributed by atoms with Gasteiger partial charge in [-0.1, -0.05) is 12.1 Å². The molecular weight excluding hydrogens is 375 g/mol. The zero-order chi connectivity index (χ0) is 20.0. The van der Waals surface area contributed by atoms with Gasteiger partial charge in [0.15, 0.2) is 5.78 Å². The third kappa shape index (κ3) is 3.78. The Balaban J connectivity index is 2.42. The molecule has 146 valence electrons. The van der Waals surface area contributed by atoms with Crippen LogP contribution in [0.4, 0.5) is 13.2 Å². The van der Waals surface area contributed by atoms with Gasteiger partial charge in [0.2, 0.25) is 0 Å². The summed E-state index contributed by atoms with van der Waals surface area (Å²) in [5, 5.41) is 13.4. The number of ketones is 1. The predicted molar refractivity (Wildman–Crippen MR) is 86.8 cm³/mol. The molecule has 0 bridgehead atoms. The quantitative estimate of drug-likeness (QED) is 0.752. The van der Waals surface area contributed by atoms with Crippen molar-refractivity contribution in [3.05, 3.63) is 35.4 Å². The van der Waals surface area contributed by atoms with Crippen molar-refractivity contribution in [3.8, 4) is 0 Å². The summed E-state index contributed by atoms with van der Waals surface area (Å²) in [5.41, 5.74) is -4.21. The van der Waals surface area contributed by atoms with Gasteiger partial charge in [0.1, 0.15) is 17.2 Å². The monoisotopic (exact) mass is 395 g/mol. The van der Waals surface area contributed by atoms with Crippen molar-refractivity contribution in [2.45, 2.75) is 43.2 Å². The van der Waals surface area contributed by atoms with Crippen LogP contribution in [0.2, 0.25) is 0 Å². The largest absolute Gasteiger partial charge is 0.416 e. The molecule has 0 spiro atoms. The van der Waals surface area contributed by atoms with Crippen LogP contribution >= 0.6 is 0 Å². The normalized spacial score (nSPS) is 30.4. The van der Waals surface area contributed by atoms with Gasteiger partial charge in [0, 0.05) is 0 Å². The molecule has 1 saturated carbocycles. The van der Waals surface area contributed by atoms with Crippen LogP contribution in [0.5, 0.6) is 0 Å². The number of likely N-dealkylation sites (N-methyl/N-ethyl adjacent to an activating group) is 1. The number of aliphatic hydroxyl groups is 1. The fourth-order valence-corrected chi connectivity index (χ4v) is 3.98. The molecule has 26 heavy (non-hydrogen) atoms. The Kier molecular flexibility index (Phi) is 5.28. The van der Waals surface area contributed by atoms with Gasteiger partial charge in [0.25, 0.3) is 10.1 Å². The standard InChI is InChI=1S/C16H20F3NO5S/c1-14(22)12(25-26(3,23)24)8-9-15(20-2,13(14)21)10-4-6-11(7-5-10)16(17,18)19/h4-7,12,20,22H,8-9H2,1-3H3/t12?,14-,15+/m0/s1. The zero-order valence-electron chi connectivity index (χ0n) is 14.4. The summed E-state index contributed by atoms with van der Waals surface area (Å²) < 4.78 is 65.8. The summed E-state index contributed by atoms with van der Waals surface area (Å²) in [6, 6.07) is 4.06. The average Bonchev–Trinajstić information content (AvgIpc) is 2.51. The minimum atomic E-state index is -4.51. The average molecular weight is 395 g/mol. The number of halogens is 3. The van der Waals surface area contributed by atoms with E-state index in [1.54, 1.807) is 0 Å². The van der Waals surface area contributed by atoms with Crippen molar-refractivity contribution in [2.24, 2.45) is 0 Å². The number of alkyl halides is 3. The van der Waals surface area contributed by atoms with Crippen molar-refractivity contribution >= 4 is 15.9 Å². The van der Waals surface area contributed by atoms with Crippen LogP contribution in [0.3, 0.4) is 0 Å². The Labute approximate surface area is 149 Å². The maximum absolute atomic E-state index is 13.0. The molecule has 0 amide bonds. The van der Waals surface area contributed by atoms with Gasteiger partial charge in [-0.25, -0.2) is 0 Å². The first kappa shape index (κ1) is 20.8. The molecule has 0 radical (unpaired) electrons. The number of hydrogen-bond donors (Lipinski definition) is 2. The Morgan fingerprint density at radius 1 is 1.27 bits per heavy atom. The lowest BCUT2D eigenvalue weighted by molar-refractivity contribution is -0.160. The molecule has 0 heterocycles. The van der Waals surface area contributed by atoms with E-state index in [0.717, 1.165) is 25.3 Å². The maximum atomic E-state index is 13.0. The Bertz CT molecular complexity index is 789. The van der Waals surface area contributed by atoms with Gasteiger partial charge < -0.3 is 10.4 Å². The summed E-state index contributed by atoms with van der Waals surface area (Å²) in [4.78, 5) is 13.0. The minimum Gasteiger partial charge on any atom is -0.379 e. The molecule has 1 unspecified atom stereocenters. The molecular formula is C16H20F3NO5S. The van der Waals surface area contributed by atoms with Crippen LogP contribution in [0.15, 0.2) is 24.3 Å². The minimum absolute atomic E-state index is 0.00761. The maximum Gasteiger partial charge on any atom is 0.416 e. The van der Waals surface area contributed by atoms with E-state index in [0.29, 0.717) is 0 Å². The fraction of sp³-hybridized carbons (Fsp3) is 0.562. The summed E-state index contributed by atoms with van der Waals surface area (Å²) in [6.07, 6.45) is -4.93. The highest BCUT2D eigenvalue weighted by atomic mass is 32.2. The Hall–Kier alpha value is -1.49. The molecule has 0 saturated heterocycles. The smallest absolute Gasteiger partial charge is 0.379 e. The SMILES string of the molecule is CN[C@@]1(c2ccc(C(F)(F)F)cc2)CCC(OS(C)(=O)=O)[C@](C)(O)C1=O. The zero-order valence-corrected chi connectivity index (χ0v) is 15.2. The molecule has 0 aromatic heterocycles. The molecule has 1 aromatic rings. The van der Waals surface area contributed by atoms with Gasteiger partial charge in [-0.05, 0) is 44.5 Å². The molecule has 6 nitrogen and oxygen atoms in total. The first-order valence-electron chi connectivity index (χ1n) is 7.76. The first-order chi connectivity index (χ1) is 11.7. The number of benzene rings is 1. The third-order valence-electron chi connectivity index (χ3n) is 4.68. The van der Waals surface area contributed by atoms with Crippen molar-refractivity contribution in [2.75, 3.05) is 13.3 Å². The Morgan fingerprint density at radius 3 is 2.23 bits per heavy atom. The molecule has 1 aromatic carbocycles. The molecule has 10 heteroatoms. The van der Waals surface area contributed by atoms with Crippen LogP contribution in [-0.4, -0.2) is 44.3 Å². The lowest BCUT2D eigenvalue weighted by atomic mass is 9.68. The lowest BCUT2D eigenvalue weighted by Crippen LogP contribution is -2.65. The number of nitrogens with one attached hydrogen (secondary N) is 1. The number of rotatable bonds is 4. The highest BCUT2D eigenvalue weighted by molar-refractivity contribution is 7.86. The van der Waals surface area contributed by atoms with E-state index in [-0.39, 0.29) is 18.4 Å². The summed E-state index contributed by atoms with van der Waals surface area (Å²) in [5.74, 6) is -0.771. The highest BCUT2D eigenvalue weighted by Crippen LogP contribution is 2.41. The van der Waals surface area contributed by atoms with Gasteiger partial charge in [-0.2, -0.15) is 21.6 Å². The van der Waals surface area contributed by atoms with Crippen LogP contribution in [0.25, 0.3) is 0 Å². The van der Waals surface area contributed by atoms with Crippen LogP contribution in [0, 0.1) is 0 Å². The van der Waals surface area contributed by atoms with Gasteiger partial charge in [-0.3, -0.25) is 8.98 Å². The highest BCUT2D eigenvalue weighted by Gasteiger charge is 2.56. The second-order valence-corrected chi connectivity index (χ2v) is 8.14. The van der Waals surface area contributed by atoms with Gasteiger partial charge in [0.05, 0.1) is 11.8 Å². The predicted octanol–water partition coefficient (Wildman–Crippen LogP) is 1.58. The topological polar surface area (TPSA) is 92.7 Å². The van der Waals surface area contributed by atoms with Gasteiger partial charge in [-0.15, -0.1) is 0 Å². The summed E-state index contributed by atoms with van der Waals surface area (Å²) >= 11 is 0.